The zero-order chi connectivity index (χ0) is 12.3. The average molecular weight is 252 g/mol. The number of hydrogen-bond donors (Lipinski definition) is 1. The zero-order valence-electron chi connectivity index (χ0n) is 9.40. The molecule has 0 saturated carbocycles. The van der Waals surface area contributed by atoms with Gasteiger partial charge in [-0.05, 0) is 18.9 Å². The predicted molar refractivity (Wildman–Crippen MR) is 64.5 cm³/mol. The van der Waals surface area contributed by atoms with Gasteiger partial charge < -0.3 is 9.84 Å². The van der Waals surface area contributed by atoms with Crippen LogP contribution in [-0.2, 0) is 4.74 Å². The topological polar surface area (TPSA) is 53.2 Å². The fourth-order valence-corrected chi connectivity index (χ4v) is 2.42. The molecule has 0 aliphatic carbocycles. The predicted octanol–water partition coefficient (Wildman–Crippen LogP) is 2.69. The van der Waals surface area contributed by atoms with Crippen LogP contribution < -0.4 is 0 Å². The van der Waals surface area contributed by atoms with E-state index in [2.05, 4.69) is 6.07 Å². The number of nitrogens with zero attached hydrogens (tertiary/aromatic N) is 1. The van der Waals surface area contributed by atoms with Gasteiger partial charge in [0.1, 0.15) is 0 Å². The van der Waals surface area contributed by atoms with Gasteiger partial charge in [-0.15, -0.1) is 0 Å². The van der Waals surface area contributed by atoms with Crippen LogP contribution in [-0.4, -0.2) is 18.3 Å². The summed E-state index contributed by atoms with van der Waals surface area (Å²) in [7, 11) is 0. The molecule has 1 aromatic rings. The van der Waals surface area contributed by atoms with Gasteiger partial charge in [-0.3, -0.25) is 0 Å². The highest BCUT2D eigenvalue weighted by Crippen LogP contribution is 2.43. The molecule has 1 atom stereocenters. The maximum absolute atomic E-state index is 10.4. The van der Waals surface area contributed by atoms with Crippen LogP contribution in [0.1, 0.15) is 24.5 Å². The molecule has 0 spiro atoms. The number of aliphatic hydroxyl groups is 1. The molecule has 0 amide bonds. The first kappa shape index (κ1) is 12.4. The molecule has 1 fully saturated rings. The summed E-state index contributed by atoms with van der Waals surface area (Å²) < 4.78 is 5.25. The van der Waals surface area contributed by atoms with Gasteiger partial charge in [0, 0.05) is 23.8 Å². The lowest BCUT2D eigenvalue weighted by molar-refractivity contribution is -0.0309. The summed E-state index contributed by atoms with van der Waals surface area (Å²) >= 11 is 6.06. The van der Waals surface area contributed by atoms with E-state index in [1.807, 2.05) is 12.1 Å². The summed E-state index contributed by atoms with van der Waals surface area (Å²) in [6.45, 7) is 1.02. The molecule has 17 heavy (non-hydrogen) atoms. The third-order valence-corrected chi connectivity index (χ3v) is 3.68. The van der Waals surface area contributed by atoms with Gasteiger partial charge in [0.2, 0.25) is 0 Å². The van der Waals surface area contributed by atoms with E-state index in [9.17, 15) is 10.4 Å². The van der Waals surface area contributed by atoms with Crippen molar-refractivity contribution in [3.05, 3.63) is 34.9 Å². The lowest BCUT2D eigenvalue weighted by atomic mass is 9.74. The largest absolute Gasteiger partial charge is 0.387 e. The van der Waals surface area contributed by atoms with E-state index in [0.29, 0.717) is 36.6 Å². The molecule has 2 rings (SSSR count). The number of benzene rings is 1. The number of hydrogen-bond acceptors (Lipinski definition) is 3. The van der Waals surface area contributed by atoms with E-state index in [0.717, 1.165) is 0 Å². The molecule has 4 heteroatoms. The maximum Gasteiger partial charge on any atom is 0.0992 e. The van der Waals surface area contributed by atoms with Crippen molar-refractivity contribution in [3.8, 4) is 6.07 Å². The lowest BCUT2D eigenvalue weighted by Crippen LogP contribution is -2.34. The van der Waals surface area contributed by atoms with Crippen molar-refractivity contribution in [1.29, 1.82) is 5.26 Å². The maximum atomic E-state index is 10.4. The first-order valence-corrected chi connectivity index (χ1v) is 5.99. The lowest BCUT2D eigenvalue weighted by Gasteiger charge is -2.35. The van der Waals surface area contributed by atoms with Crippen LogP contribution in [0.3, 0.4) is 0 Å². The molecule has 1 saturated heterocycles. The summed E-state index contributed by atoms with van der Waals surface area (Å²) in [6.07, 6.45) is 0.219. The van der Waals surface area contributed by atoms with Crippen molar-refractivity contribution in [2.24, 2.45) is 5.41 Å². The minimum Gasteiger partial charge on any atom is -0.387 e. The number of aliphatic hydroxyl groups excluding tert-OH is 1. The van der Waals surface area contributed by atoms with E-state index in [4.69, 9.17) is 16.3 Å². The molecular weight excluding hydrogens is 238 g/mol. The number of halogens is 1. The smallest absolute Gasteiger partial charge is 0.0992 e. The Labute approximate surface area is 106 Å². The summed E-state index contributed by atoms with van der Waals surface area (Å²) in [5.74, 6) is 0. The molecular formula is C13H14ClNO2. The number of nitriles is 1. The van der Waals surface area contributed by atoms with Gasteiger partial charge in [0.15, 0.2) is 0 Å². The molecule has 1 unspecified atom stereocenters. The highest BCUT2D eigenvalue weighted by molar-refractivity contribution is 6.31. The van der Waals surface area contributed by atoms with Crippen LogP contribution in [0, 0.1) is 16.7 Å². The second kappa shape index (κ2) is 5.05. The number of ether oxygens (including phenoxy) is 1. The molecule has 1 aliphatic heterocycles. The van der Waals surface area contributed by atoms with E-state index < -0.39 is 11.5 Å². The Bertz CT molecular complexity index is 435. The summed E-state index contributed by atoms with van der Waals surface area (Å²) in [4.78, 5) is 0. The van der Waals surface area contributed by atoms with Gasteiger partial charge in [0.05, 0.1) is 17.6 Å². The van der Waals surface area contributed by atoms with Gasteiger partial charge in [-0.25, -0.2) is 0 Å². The molecule has 0 aromatic heterocycles. The second-order valence-corrected chi connectivity index (χ2v) is 4.71. The Morgan fingerprint density at radius 3 is 2.59 bits per heavy atom. The van der Waals surface area contributed by atoms with Gasteiger partial charge in [-0.1, -0.05) is 29.8 Å². The van der Waals surface area contributed by atoms with Crippen molar-refractivity contribution >= 4 is 11.6 Å². The Balaban J connectivity index is 2.32. The van der Waals surface area contributed by atoms with Crippen molar-refractivity contribution in [3.63, 3.8) is 0 Å². The van der Waals surface area contributed by atoms with Crippen LogP contribution >= 0.6 is 11.6 Å². The van der Waals surface area contributed by atoms with Crippen LogP contribution in [0.2, 0.25) is 5.02 Å². The van der Waals surface area contributed by atoms with Crippen LogP contribution in [0.15, 0.2) is 24.3 Å². The molecule has 0 radical (unpaired) electrons. The van der Waals surface area contributed by atoms with Gasteiger partial charge >= 0.3 is 0 Å². The fraction of sp³-hybridized carbons (Fsp3) is 0.462. The molecule has 0 bridgehead atoms. The normalized spacial score (nSPS) is 20.5. The van der Waals surface area contributed by atoms with Crippen molar-refractivity contribution in [2.75, 3.05) is 13.2 Å². The quantitative estimate of drug-likeness (QED) is 0.879. The van der Waals surface area contributed by atoms with E-state index in [1.54, 1.807) is 12.1 Å². The van der Waals surface area contributed by atoms with Crippen LogP contribution in [0.25, 0.3) is 0 Å². The van der Waals surface area contributed by atoms with Crippen LogP contribution in [0.4, 0.5) is 0 Å². The highest BCUT2D eigenvalue weighted by atomic mass is 35.5. The Kier molecular flexibility index (Phi) is 3.68. The Morgan fingerprint density at radius 1 is 1.35 bits per heavy atom. The highest BCUT2D eigenvalue weighted by Gasteiger charge is 2.41. The molecule has 1 aliphatic rings. The molecule has 1 N–H and O–H groups in total. The molecule has 3 nitrogen and oxygen atoms in total. The minimum atomic E-state index is -0.856. The van der Waals surface area contributed by atoms with Crippen molar-refractivity contribution in [1.82, 2.24) is 0 Å². The summed E-state index contributed by atoms with van der Waals surface area (Å²) in [5, 5.41) is 20.3. The summed E-state index contributed by atoms with van der Waals surface area (Å²) in [6, 6.07) is 9.37. The summed E-state index contributed by atoms with van der Waals surface area (Å²) in [5.41, 5.74) is -0.152. The van der Waals surface area contributed by atoms with Crippen LogP contribution in [0.5, 0.6) is 0 Å². The molecule has 1 heterocycles. The van der Waals surface area contributed by atoms with Gasteiger partial charge in [-0.2, -0.15) is 5.26 Å². The first-order chi connectivity index (χ1) is 8.19. The number of rotatable bonds is 2. The van der Waals surface area contributed by atoms with Gasteiger partial charge in [0.25, 0.3) is 0 Å². The van der Waals surface area contributed by atoms with E-state index in [-0.39, 0.29) is 0 Å². The molecule has 1 aromatic carbocycles. The standard InChI is InChI=1S/C13H14ClNO2/c14-11-4-2-1-3-10(11)12(16)13(9-15)5-7-17-8-6-13/h1-4,12,16H,5-8H2. The SMILES string of the molecule is N#CC1(C(O)c2ccccc2Cl)CCOCC1. The average Bonchev–Trinajstić information content (AvgIpc) is 2.39. The van der Waals surface area contributed by atoms with Crippen molar-refractivity contribution in [2.45, 2.75) is 18.9 Å². The minimum absolute atomic E-state index is 0.501. The monoisotopic (exact) mass is 251 g/mol. The fourth-order valence-electron chi connectivity index (χ4n) is 2.18. The van der Waals surface area contributed by atoms with Crippen molar-refractivity contribution < 1.29 is 9.84 Å². The zero-order valence-corrected chi connectivity index (χ0v) is 10.2. The first-order valence-electron chi connectivity index (χ1n) is 5.61. The Hall–Kier alpha value is -1.08. The second-order valence-electron chi connectivity index (χ2n) is 4.30. The Morgan fingerprint density at radius 2 is 2.00 bits per heavy atom. The third-order valence-electron chi connectivity index (χ3n) is 3.33. The van der Waals surface area contributed by atoms with E-state index in [1.165, 1.54) is 0 Å². The van der Waals surface area contributed by atoms with E-state index >= 15 is 0 Å². The third kappa shape index (κ3) is 2.30. The molecule has 90 valence electrons.